The topological polar surface area (TPSA) is 104 Å². The maximum Gasteiger partial charge on any atom is 0.251 e. The highest BCUT2D eigenvalue weighted by molar-refractivity contribution is 7.15. The van der Waals surface area contributed by atoms with E-state index >= 15 is 0 Å². The monoisotopic (exact) mass is 449 g/mol. The van der Waals surface area contributed by atoms with Gasteiger partial charge < -0.3 is 10.6 Å². The fourth-order valence-electron chi connectivity index (χ4n) is 3.56. The van der Waals surface area contributed by atoms with Gasteiger partial charge in [0, 0.05) is 38.5 Å². The molecule has 1 aliphatic heterocycles. The zero-order valence-electron chi connectivity index (χ0n) is 17.6. The molecule has 0 spiro atoms. The van der Waals surface area contributed by atoms with Crippen molar-refractivity contribution in [2.45, 2.75) is 19.4 Å². The molecule has 0 bridgehead atoms. The van der Waals surface area contributed by atoms with E-state index in [4.69, 9.17) is 0 Å². The molecule has 1 saturated heterocycles. The Labute approximate surface area is 189 Å². The first-order valence-electron chi connectivity index (χ1n) is 10.3. The first kappa shape index (κ1) is 21.6. The highest BCUT2D eigenvalue weighted by atomic mass is 32.1. The van der Waals surface area contributed by atoms with E-state index in [9.17, 15) is 14.4 Å². The summed E-state index contributed by atoms with van der Waals surface area (Å²) in [7, 11) is 1.57. The van der Waals surface area contributed by atoms with Gasteiger partial charge in [-0.25, -0.2) is 0 Å². The molecule has 8 nitrogen and oxygen atoms in total. The molecule has 2 N–H and O–H groups in total. The second-order valence-electron chi connectivity index (χ2n) is 7.54. The minimum absolute atomic E-state index is 0.130. The van der Waals surface area contributed by atoms with Gasteiger partial charge in [-0.3, -0.25) is 19.3 Å². The molecule has 2 heterocycles. The molecule has 1 unspecified atom stereocenters. The molecule has 4 rings (SSSR count). The van der Waals surface area contributed by atoms with Gasteiger partial charge in [0.1, 0.15) is 5.01 Å². The molecule has 1 aromatic heterocycles. The van der Waals surface area contributed by atoms with E-state index in [0.717, 1.165) is 16.1 Å². The van der Waals surface area contributed by atoms with E-state index in [0.29, 0.717) is 17.1 Å². The van der Waals surface area contributed by atoms with Crippen LogP contribution in [-0.4, -0.2) is 41.5 Å². The minimum atomic E-state index is -0.453. The molecule has 164 valence electrons. The normalized spacial score (nSPS) is 15.6. The van der Waals surface area contributed by atoms with Crippen LogP contribution >= 0.6 is 11.3 Å². The summed E-state index contributed by atoms with van der Waals surface area (Å²) in [4.78, 5) is 38.5. The van der Waals surface area contributed by atoms with E-state index in [1.165, 1.54) is 11.3 Å². The molecule has 0 saturated carbocycles. The summed E-state index contributed by atoms with van der Waals surface area (Å²) >= 11 is 1.37. The van der Waals surface area contributed by atoms with Gasteiger partial charge in [-0.1, -0.05) is 53.8 Å². The Morgan fingerprint density at radius 1 is 1.09 bits per heavy atom. The number of amides is 3. The Kier molecular flexibility index (Phi) is 6.55. The van der Waals surface area contributed by atoms with Crippen LogP contribution in [-0.2, 0) is 22.6 Å². The van der Waals surface area contributed by atoms with Gasteiger partial charge in [0.25, 0.3) is 5.91 Å². The molecular formula is C23H23N5O3S. The van der Waals surface area contributed by atoms with Crippen molar-refractivity contribution in [2.75, 3.05) is 18.5 Å². The Hall–Kier alpha value is -3.59. The third-order valence-electron chi connectivity index (χ3n) is 5.26. The van der Waals surface area contributed by atoms with Crippen LogP contribution in [0.25, 0.3) is 0 Å². The van der Waals surface area contributed by atoms with Crippen LogP contribution in [0.15, 0.2) is 54.6 Å². The van der Waals surface area contributed by atoms with Crippen molar-refractivity contribution in [1.29, 1.82) is 0 Å². The molecule has 1 fully saturated rings. The first-order valence-corrected chi connectivity index (χ1v) is 11.1. The molecule has 1 aliphatic rings. The number of benzene rings is 2. The van der Waals surface area contributed by atoms with Crippen molar-refractivity contribution >= 4 is 34.2 Å². The molecule has 3 amide bonds. The van der Waals surface area contributed by atoms with Crippen LogP contribution in [0.4, 0.5) is 5.13 Å². The van der Waals surface area contributed by atoms with Crippen LogP contribution in [0, 0.1) is 5.92 Å². The van der Waals surface area contributed by atoms with E-state index in [1.54, 1.807) is 30.1 Å². The average molecular weight is 450 g/mol. The standard InChI is InChI=1S/C23H23N5O3S/c1-24-21(30)17-9-5-8-16(10-17)13-25-22(31)18-12-20(29)28(14-18)23-27-26-19(32-23)11-15-6-3-2-4-7-15/h2-10,18H,11-14H2,1H3,(H,24,30)(H,25,31). The predicted molar refractivity (Wildman–Crippen MR) is 121 cm³/mol. The Balaban J connectivity index is 1.34. The van der Waals surface area contributed by atoms with Gasteiger partial charge in [0.2, 0.25) is 16.9 Å². The molecule has 3 aromatic rings. The lowest BCUT2D eigenvalue weighted by molar-refractivity contribution is -0.126. The Morgan fingerprint density at radius 3 is 2.66 bits per heavy atom. The van der Waals surface area contributed by atoms with Gasteiger partial charge >= 0.3 is 0 Å². The fourth-order valence-corrected chi connectivity index (χ4v) is 4.46. The third-order valence-corrected chi connectivity index (χ3v) is 6.21. The van der Waals surface area contributed by atoms with Gasteiger partial charge in [0.15, 0.2) is 0 Å². The molecule has 9 heteroatoms. The largest absolute Gasteiger partial charge is 0.355 e. The summed E-state index contributed by atoms with van der Waals surface area (Å²) in [5.74, 6) is -0.959. The van der Waals surface area contributed by atoms with Crippen molar-refractivity contribution in [3.05, 3.63) is 76.3 Å². The van der Waals surface area contributed by atoms with Crippen LogP contribution < -0.4 is 15.5 Å². The summed E-state index contributed by atoms with van der Waals surface area (Å²) < 4.78 is 0. The zero-order valence-corrected chi connectivity index (χ0v) is 18.4. The van der Waals surface area contributed by atoms with Gasteiger partial charge in [-0.15, -0.1) is 10.2 Å². The van der Waals surface area contributed by atoms with Crippen LogP contribution in [0.3, 0.4) is 0 Å². The zero-order chi connectivity index (χ0) is 22.5. The molecular weight excluding hydrogens is 426 g/mol. The van der Waals surface area contributed by atoms with Crippen molar-refractivity contribution in [3.63, 3.8) is 0 Å². The molecule has 32 heavy (non-hydrogen) atoms. The van der Waals surface area contributed by atoms with E-state index in [2.05, 4.69) is 20.8 Å². The lowest BCUT2D eigenvalue weighted by Crippen LogP contribution is -2.32. The van der Waals surface area contributed by atoms with E-state index < -0.39 is 5.92 Å². The number of nitrogens with zero attached hydrogens (tertiary/aromatic N) is 3. The smallest absolute Gasteiger partial charge is 0.251 e. The molecule has 0 radical (unpaired) electrons. The summed E-state index contributed by atoms with van der Waals surface area (Å²) in [6.07, 6.45) is 0.789. The second-order valence-corrected chi connectivity index (χ2v) is 8.58. The molecule has 1 atom stereocenters. The fraction of sp³-hybridized carbons (Fsp3) is 0.261. The summed E-state index contributed by atoms with van der Waals surface area (Å²) in [6, 6.07) is 17.0. The summed E-state index contributed by atoms with van der Waals surface area (Å²) in [6.45, 7) is 0.567. The summed E-state index contributed by atoms with van der Waals surface area (Å²) in [5.41, 5.74) is 2.47. The number of nitrogens with one attached hydrogen (secondary N) is 2. The molecule has 2 aromatic carbocycles. The van der Waals surface area contributed by atoms with Crippen LogP contribution in [0.5, 0.6) is 0 Å². The van der Waals surface area contributed by atoms with E-state index in [-0.39, 0.29) is 37.2 Å². The van der Waals surface area contributed by atoms with Crippen molar-refractivity contribution in [3.8, 4) is 0 Å². The minimum Gasteiger partial charge on any atom is -0.355 e. The highest BCUT2D eigenvalue weighted by Crippen LogP contribution is 2.29. The average Bonchev–Trinajstić information content (AvgIpc) is 3.44. The third kappa shape index (κ3) is 5.00. The number of hydrogen-bond donors (Lipinski definition) is 2. The van der Waals surface area contributed by atoms with Crippen molar-refractivity contribution in [2.24, 2.45) is 5.92 Å². The number of hydrogen-bond acceptors (Lipinski definition) is 6. The summed E-state index contributed by atoms with van der Waals surface area (Å²) in [5, 5.41) is 15.2. The lowest BCUT2D eigenvalue weighted by Gasteiger charge is -2.13. The van der Waals surface area contributed by atoms with Crippen LogP contribution in [0.1, 0.15) is 32.9 Å². The highest BCUT2D eigenvalue weighted by Gasteiger charge is 2.36. The Bertz CT molecular complexity index is 1130. The van der Waals surface area contributed by atoms with Gasteiger partial charge in [-0.2, -0.15) is 0 Å². The maximum atomic E-state index is 12.7. The molecule has 0 aliphatic carbocycles. The van der Waals surface area contributed by atoms with Crippen molar-refractivity contribution < 1.29 is 14.4 Å². The SMILES string of the molecule is CNC(=O)c1cccc(CNC(=O)C2CC(=O)N(c3nnc(Cc4ccccc4)s3)C2)c1. The van der Waals surface area contributed by atoms with Gasteiger partial charge in [0.05, 0.1) is 5.92 Å². The number of rotatable bonds is 7. The lowest BCUT2D eigenvalue weighted by atomic mass is 10.1. The van der Waals surface area contributed by atoms with Gasteiger partial charge in [-0.05, 0) is 23.3 Å². The second kappa shape index (κ2) is 9.69. The quantitative estimate of drug-likeness (QED) is 0.575. The first-order chi connectivity index (χ1) is 15.5. The van der Waals surface area contributed by atoms with E-state index in [1.807, 2.05) is 36.4 Å². The number of aromatic nitrogens is 2. The Morgan fingerprint density at radius 2 is 1.88 bits per heavy atom. The predicted octanol–water partition coefficient (Wildman–Crippen LogP) is 2.16. The number of carbonyl (C=O) groups excluding carboxylic acids is 3. The van der Waals surface area contributed by atoms with Crippen molar-refractivity contribution in [1.82, 2.24) is 20.8 Å². The number of anilines is 1. The number of carbonyl (C=O) groups is 3. The van der Waals surface area contributed by atoms with Crippen LogP contribution in [0.2, 0.25) is 0 Å². The maximum absolute atomic E-state index is 12.7.